The molecule has 0 radical (unpaired) electrons. The van der Waals surface area contributed by atoms with E-state index in [1.54, 1.807) is 0 Å². The molecule has 1 saturated heterocycles. The molecule has 1 rings (SSSR count). The molecule has 0 atom stereocenters. The maximum atomic E-state index is 9.73. The molecular formula is C8H14N2O2S. The van der Waals surface area contributed by atoms with Gasteiger partial charge in [0.2, 0.25) is 6.08 Å². The quantitative estimate of drug-likeness (QED) is 0.285. The summed E-state index contributed by atoms with van der Waals surface area (Å²) in [6, 6.07) is 0. The van der Waals surface area contributed by atoms with Crippen molar-refractivity contribution < 1.29 is 9.53 Å². The third-order valence-electron chi connectivity index (χ3n) is 1.92. The van der Waals surface area contributed by atoms with Gasteiger partial charge in [0.05, 0.1) is 13.2 Å². The molecule has 4 nitrogen and oxygen atoms in total. The second-order valence-electron chi connectivity index (χ2n) is 2.82. The minimum absolute atomic E-state index is 0.847. The minimum Gasteiger partial charge on any atom is -0.379 e. The van der Waals surface area contributed by atoms with Gasteiger partial charge in [-0.1, -0.05) is 0 Å². The van der Waals surface area contributed by atoms with Crippen LogP contribution in [-0.4, -0.2) is 49.6 Å². The van der Waals surface area contributed by atoms with Crippen molar-refractivity contribution in [1.82, 2.24) is 4.90 Å². The molecule has 0 amide bonds. The predicted octanol–water partition coefficient (Wildman–Crippen LogP) is 0.693. The van der Waals surface area contributed by atoms with Gasteiger partial charge in [-0.3, -0.25) is 4.90 Å². The Morgan fingerprint density at radius 3 is 2.92 bits per heavy atom. The Balaban J connectivity index is 1.94. The maximum absolute atomic E-state index is 9.73. The van der Waals surface area contributed by atoms with Crippen LogP contribution in [0.1, 0.15) is 6.42 Å². The fraction of sp³-hybridized carbons (Fsp3) is 0.875. The first-order chi connectivity index (χ1) is 6.43. The molecule has 0 aromatic rings. The second kappa shape index (κ2) is 7.09. The van der Waals surface area contributed by atoms with Gasteiger partial charge in [-0.2, -0.15) is 0 Å². The Morgan fingerprint density at radius 1 is 1.46 bits per heavy atom. The summed E-state index contributed by atoms with van der Waals surface area (Å²) < 4.78 is 8.65. The molecule has 5 heteroatoms. The van der Waals surface area contributed by atoms with Gasteiger partial charge in [-0.25, -0.2) is 4.79 Å². The lowest BCUT2D eigenvalue weighted by Crippen LogP contribution is -2.36. The number of carbonyl (C=O) groups excluding carboxylic acids is 1. The molecule has 74 valence electrons. The zero-order chi connectivity index (χ0) is 9.36. The average molecular weight is 202 g/mol. The van der Waals surface area contributed by atoms with Gasteiger partial charge in [0.15, 0.2) is 0 Å². The summed E-state index contributed by atoms with van der Waals surface area (Å²) in [5.74, 6) is 0.895. The minimum atomic E-state index is 0.847. The molecule has 0 spiro atoms. The number of ether oxygens (including phenoxy) is 1. The van der Waals surface area contributed by atoms with Gasteiger partial charge in [-0.05, 0) is 24.9 Å². The summed E-state index contributed by atoms with van der Waals surface area (Å²) in [4.78, 5) is 12.1. The fourth-order valence-corrected chi connectivity index (χ4v) is 1.65. The van der Waals surface area contributed by atoms with Gasteiger partial charge in [0.1, 0.15) is 0 Å². The summed E-state index contributed by atoms with van der Waals surface area (Å²) in [7, 11) is 0. The lowest BCUT2D eigenvalue weighted by atomic mass is 10.4. The first kappa shape index (κ1) is 10.7. The van der Waals surface area contributed by atoms with Gasteiger partial charge >= 0.3 is 0 Å². The highest BCUT2D eigenvalue weighted by Crippen LogP contribution is 2.04. The van der Waals surface area contributed by atoms with E-state index in [2.05, 4.69) is 9.30 Å². The molecule has 1 heterocycles. The van der Waals surface area contributed by atoms with Crippen LogP contribution >= 0.6 is 11.9 Å². The predicted molar refractivity (Wildman–Crippen MR) is 52.5 cm³/mol. The van der Waals surface area contributed by atoms with Crippen LogP contribution in [0.2, 0.25) is 0 Å². The molecule has 0 bridgehead atoms. The summed E-state index contributed by atoms with van der Waals surface area (Å²) in [5, 5.41) is 0. The van der Waals surface area contributed by atoms with E-state index in [4.69, 9.17) is 4.74 Å². The molecule has 0 aromatic heterocycles. The largest absolute Gasteiger partial charge is 0.379 e. The SMILES string of the molecule is O=C=NSCCCN1CCOCC1. The van der Waals surface area contributed by atoms with E-state index < -0.39 is 0 Å². The first-order valence-electron chi connectivity index (χ1n) is 4.43. The molecule has 0 aromatic carbocycles. The smallest absolute Gasteiger partial charge is 0.247 e. The molecule has 0 N–H and O–H groups in total. The Morgan fingerprint density at radius 2 is 2.23 bits per heavy atom. The standard InChI is InChI=1S/C8H14N2O2S/c11-8-9-13-7-1-2-10-3-5-12-6-4-10/h1-7H2. The molecule has 0 aliphatic carbocycles. The van der Waals surface area contributed by atoms with E-state index in [1.165, 1.54) is 18.0 Å². The van der Waals surface area contributed by atoms with Crippen molar-refractivity contribution in [3.05, 3.63) is 0 Å². The summed E-state index contributed by atoms with van der Waals surface area (Å²) in [5.41, 5.74) is 0. The molecule has 1 fully saturated rings. The maximum Gasteiger partial charge on any atom is 0.247 e. The van der Waals surface area contributed by atoms with Gasteiger partial charge in [-0.15, -0.1) is 4.40 Å². The van der Waals surface area contributed by atoms with Crippen molar-refractivity contribution in [3.63, 3.8) is 0 Å². The summed E-state index contributed by atoms with van der Waals surface area (Å²) in [6.45, 7) is 4.83. The number of nitrogens with zero attached hydrogens (tertiary/aromatic N) is 2. The number of hydrogen-bond acceptors (Lipinski definition) is 5. The van der Waals surface area contributed by atoms with Crippen LogP contribution in [0.5, 0.6) is 0 Å². The van der Waals surface area contributed by atoms with Gasteiger partial charge in [0.25, 0.3) is 0 Å². The van der Waals surface area contributed by atoms with Crippen LogP contribution < -0.4 is 0 Å². The lowest BCUT2D eigenvalue weighted by molar-refractivity contribution is 0.0381. The number of isocyanates is 1. The van der Waals surface area contributed by atoms with Crippen LogP contribution in [0.25, 0.3) is 0 Å². The summed E-state index contributed by atoms with van der Waals surface area (Å²) in [6.07, 6.45) is 2.58. The summed E-state index contributed by atoms with van der Waals surface area (Å²) >= 11 is 1.29. The normalized spacial score (nSPS) is 18.2. The van der Waals surface area contributed by atoms with E-state index in [0.717, 1.165) is 45.0 Å². The van der Waals surface area contributed by atoms with Crippen molar-refractivity contribution >= 4 is 18.0 Å². The van der Waals surface area contributed by atoms with Crippen LogP contribution in [0.4, 0.5) is 0 Å². The van der Waals surface area contributed by atoms with Crippen molar-refractivity contribution in [1.29, 1.82) is 0 Å². The van der Waals surface area contributed by atoms with Crippen molar-refractivity contribution in [3.8, 4) is 0 Å². The van der Waals surface area contributed by atoms with E-state index in [-0.39, 0.29) is 0 Å². The number of rotatable bonds is 5. The van der Waals surface area contributed by atoms with Crippen LogP contribution in [0, 0.1) is 0 Å². The lowest BCUT2D eigenvalue weighted by Gasteiger charge is -2.26. The van der Waals surface area contributed by atoms with E-state index in [9.17, 15) is 4.79 Å². The average Bonchev–Trinajstić information content (AvgIpc) is 2.19. The number of morpholine rings is 1. The van der Waals surface area contributed by atoms with Crippen LogP contribution in [-0.2, 0) is 9.53 Å². The highest BCUT2D eigenvalue weighted by atomic mass is 32.2. The zero-order valence-electron chi connectivity index (χ0n) is 7.57. The fourth-order valence-electron chi connectivity index (χ4n) is 1.25. The first-order valence-corrected chi connectivity index (χ1v) is 5.37. The highest BCUT2D eigenvalue weighted by molar-refractivity contribution is 7.98. The molecule has 1 aliphatic heterocycles. The Labute approximate surface area is 82.5 Å². The van der Waals surface area contributed by atoms with Gasteiger partial charge < -0.3 is 4.74 Å². The zero-order valence-corrected chi connectivity index (χ0v) is 8.39. The van der Waals surface area contributed by atoms with Gasteiger partial charge in [0, 0.05) is 18.8 Å². The molecule has 1 aliphatic rings. The van der Waals surface area contributed by atoms with E-state index in [0.29, 0.717) is 0 Å². The number of hydrogen-bond donors (Lipinski definition) is 0. The van der Waals surface area contributed by atoms with E-state index >= 15 is 0 Å². The van der Waals surface area contributed by atoms with Crippen molar-refractivity contribution in [2.24, 2.45) is 4.40 Å². The van der Waals surface area contributed by atoms with Crippen LogP contribution in [0.15, 0.2) is 4.40 Å². The highest BCUT2D eigenvalue weighted by Gasteiger charge is 2.08. The van der Waals surface area contributed by atoms with Crippen molar-refractivity contribution in [2.45, 2.75) is 6.42 Å². The molecular weight excluding hydrogens is 188 g/mol. The molecule has 0 unspecified atom stereocenters. The Hall–Kier alpha value is -0.350. The third-order valence-corrected chi connectivity index (χ3v) is 2.59. The Kier molecular flexibility index (Phi) is 5.85. The van der Waals surface area contributed by atoms with E-state index in [1.807, 2.05) is 0 Å². The molecule has 13 heavy (non-hydrogen) atoms. The topological polar surface area (TPSA) is 41.9 Å². The second-order valence-corrected chi connectivity index (χ2v) is 3.67. The van der Waals surface area contributed by atoms with Crippen LogP contribution in [0.3, 0.4) is 0 Å². The third kappa shape index (κ3) is 5.05. The van der Waals surface area contributed by atoms with Crippen molar-refractivity contribution in [2.75, 3.05) is 38.6 Å². The monoisotopic (exact) mass is 202 g/mol. The Bertz CT molecular complexity index is 177. The molecule has 0 saturated carbocycles.